The van der Waals surface area contributed by atoms with Gasteiger partial charge < -0.3 is 10.2 Å². The first-order chi connectivity index (χ1) is 22.0. The second-order valence-corrected chi connectivity index (χ2v) is 15.3. The topological polar surface area (TPSA) is 57.5 Å². The molecule has 0 radical (unpaired) electrons. The Labute approximate surface area is 272 Å². The molecule has 4 aliphatic carbocycles. The fourth-order valence-corrected chi connectivity index (χ4v) is 10.1. The highest BCUT2D eigenvalue weighted by Crippen LogP contribution is 2.59. The maximum absolute atomic E-state index is 13.1. The number of allylic oxidation sites excluding steroid dienone is 4. The number of benzene rings is 2. The molecule has 6 rings (SSSR count). The van der Waals surface area contributed by atoms with Gasteiger partial charge >= 0.3 is 5.97 Å². The van der Waals surface area contributed by atoms with Crippen molar-refractivity contribution >= 4 is 5.97 Å². The normalized spacial score (nSPS) is 30.2. The molecule has 3 heteroatoms. The first-order valence-electron chi connectivity index (χ1n) is 18.4. The maximum Gasteiger partial charge on any atom is 0.307 e. The van der Waals surface area contributed by atoms with E-state index in [0.717, 1.165) is 38.0 Å². The number of carboxylic acid groups (broad SMARTS) is 1. The monoisotopic (exact) mass is 608 g/mol. The highest BCUT2D eigenvalue weighted by atomic mass is 16.4. The van der Waals surface area contributed by atoms with Crippen LogP contribution in [-0.4, -0.2) is 16.2 Å². The molecule has 5 atom stereocenters. The van der Waals surface area contributed by atoms with E-state index in [2.05, 4.69) is 60.7 Å². The average molecular weight is 609 g/mol. The number of hydrogen-bond acceptors (Lipinski definition) is 2. The van der Waals surface area contributed by atoms with Gasteiger partial charge in [-0.1, -0.05) is 106 Å². The molecule has 3 nitrogen and oxygen atoms in total. The van der Waals surface area contributed by atoms with Crippen molar-refractivity contribution in [3.8, 4) is 5.75 Å². The van der Waals surface area contributed by atoms with Crippen LogP contribution in [0.5, 0.6) is 5.75 Å². The van der Waals surface area contributed by atoms with Crippen LogP contribution in [-0.2, 0) is 16.6 Å². The Bertz CT molecular complexity index is 1320. The molecule has 2 fully saturated rings. The Balaban J connectivity index is 1.27. The number of unbranched alkanes of at least 4 members (excludes halogenated alkanes) is 3. The van der Waals surface area contributed by atoms with Crippen LogP contribution in [0, 0.1) is 23.2 Å². The quantitative estimate of drug-likeness (QED) is 0.220. The van der Waals surface area contributed by atoms with Gasteiger partial charge in [-0.25, -0.2) is 0 Å². The molecular formula is C42H56O3. The Morgan fingerprint density at radius 3 is 2.33 bits per heavy atom. The second-order valence-electron chi connectivity index (χ2n) is 15.3. The lowest BCUT2D eigenvalue weighted by molar-refractivity contribution is -0.146. The first kappa shape index (κ1) is 32.1. The van der Waals surface area contributed by atoms with Gasteiger partial charge in [0.1, 0.15) is 5.75 Å². The molecule has 0 saturated heterocycles. The fraction of sp³-hybridized carbons (Fsp3) is 0.595. The van der Waals surface area contributed by atoms with Gasteiger partial charge in [0.25, 0.3) is 0 Å². The maximum atomic E-state index is 13.1. The van der Waals surface area contributed by atoms with E-state index >= 15 is 0 Å². The van der Waals surface area contributed by atoms with Crippen molar-refractivity contribution in [3.05, 3.63) is 89.5 Å². The summed E-state index contributed by atoms with van der Waals surface area (Å²) in [5.74, 6) is 0.947. The van der Waals surface area contributed by atoms with E-state index in [1.807, 2.05) is 12.1 Å². The van der Waals surface area contributed by atoms with Crippen LogP contribution >= 0.6 is 0 Å². The van der Waals surface area contributed by atoms with Gasteiger partial charge in [-0.15, -0.1) is 0 Å². The predicted molar refractivity (Wildman–Crippen MR) is 185 cm³/mol. The lowest BCUT2D eigenvalue weighted by Crippen LogP contribution is -2.46. The summed E-state index contributed by atoms with van der Waals surface area (Å²) >= 11 is 0. The van der Waals surface area contributed by atoms with E-state index in [0.29, 0.717) is 29.4 Å². The molecular weight excluding hydrogens is 552 g/mol. The molecule has 2 N–H and O–H groups in total. The standard InChI is InChI=1S/C42H56O3/c43-37-23-21-35(22-24-37)38-30-33-16-11-19-36(29-33)42(28-12-27-41(31-42)25-9-10-26-41)39(40(44)45)20-8-7-18-34(38)17-4-2-1-3-13-32-14-5-6-15-32/h5,7-8,11,14,16,19,21-24,29,32,34,38-39,43H,1-4,6,9-10,12-13,15,17-18,20,25-28,30-31H2,(H,44,45)/b8-7-/t32-,34+,38-,39+,42-/m1/s1. The fourth-order valence-electron chi connectivity index (χ4n) is 10.1. The number of carbonyl (C=O) groups is 1. The number of phenolic OH excluding ortho intramolecular Hbond substituents is 1. The van der Waals surface area contributed by atoms with E-state index in [1.165, 1.54) is 100 Å². The van der Waals surface area contributed by atoms with Crippen molar-refractivity contribution < 1.29 is 15.0 Å². The van der Waals surface area contributed by atoms with Crippen LogP contribution in [0.4, 0.5) is 0 Å². The molecule has 0 aromatic heterocycles. The van der Waals surface area contributed by atoms with Crippen molar-refractivity contribution in [3.63, 3.8) is 0 Å². The zero-order valence-corrected chi connectivity index (χ0v) is 27.5. The van der Waals surface area contributed by atoms with Crippen LogP contribution in [0.25, 0.3) is 0 Å². The van der Waals surface area contributed by atoms with E-state index in [-0.39, 0.29) is 11.3 Å². The number of rotatable bonds is 9. The summed E-state index contributed by atoms with van der Waals surface area (Å²) in [7, 11) is 0. The molecule has 2 spiro atoms. The third-order valence-corrected chi connectivity index (χ3v) is 12.5. The second kappa shape index (κ2) is 14.7. The zero-order valence-electron chi connectivity index (χ0n) is 27.5. The third kappa shape index (κ3) is 7.61. The molecule has 2 saturated carbocycles. The van der Waals surface area contributed by atoms with Crippen LogP contribution < -0.4 is 0 Å². The zero-order chi connectivity index (χ0) is 31.1. The molecule has 2 aromatic rings. The van der Waals surface area contributed by atoms with Crippen molar-refractivity contribution in [2.24, 2.45) is 23.2 Å². The van der Waals surface area contributed by atoms with E-state index in [1.54, 1.807) is 0 Å². The lowest BCUT2D eigenvalue weighted by atomic mass is 9.53. The molecule has 0 aliphatic heterocycles. The molecule has 0 amide bonds. The largest absolute Gasteiger partial charge is 0.508 e. The summed E-state index contributed by atoms with van der Waals surface area (Å²) in [4.78, 5) is 13.1. The number of fused-ring (bicyclic) bond motifs is 3. The minimum atomic E-state index is -0.622. The van der Waals surface area contributed by atoms with Crippen molar-refractivity contribution in [2.75, 3.05) is 0 Å². The summed E-state index contributed by atoms with van der Waals surface area (Å²) in [6.07, 6.45) is 31.6. The SMILES string of the molecule is O=C(O)[C@@H]1C/C=C\C[C@H](CCCCCC[C@@H]2C=CCC2)[C@H](c2ccc(O)cc2)Cc2cccc(c2)[C@]12CCCC1(CCCC1)C2. The Morgan fingerprint density at radius 1 is 0.822 bits per heavy atom. The van der Waals surface area contributed by atoms with Crippen molar-refractivity contribution in [1.82, 2.24) is 0 Å². The summed E-state index contributed by atoms with van der Waals surface area (Å²) < 4.78 is 0. The van der Waals surface area contributed by atoms with Gasteiger partial charge in [0.15, 0.2) is 0 Å². The molecule has 4 aliphatic rings. The van der Waals surface area contributed by atoms with Crippen LogP contribution in [0.3, 0.4) is 0 Å². The average Bonchev–Trinajstić information content (AvgIpc) is 3.73. The smallest absolute Gasteiger partial charge is 0.307 e. The van der Waals surface area contributed by atoms with Crippen molar-refractivity contribution in [1.29, 1.82) is 0 Å². The number of phenols is 1. The van der Waals surface area contributed by atoms with Gasteiger partial charge in [0, 0.05) is 5.41 Å². The van der Waals surface area contributed by atoms with Gasteiger partial charge in [-0.3, -0.25) is 4.79 Å². The molecule has 0 heterocycles. The van der Waals surface area contributed by atoms with Gasteiger partial charge in [-0.2, -0.15) is 0 Å². The minimum Gasteiger partial charge on any atom is -0.508 e. The van der Waals surface area contributed by atoms with Gasteiger partial charge in [0.05, 0.1) is 5.92 Å². The van der Waals surface area contributed by atoms with E-state index in [9.17, 15) is 15.0 Å². The minimum absolute atomic E-state index is 0.310. The summed E-state index contributed by atoms with van der Waals surface area (Å²) in [6, 6.07) is 17.1. The highest BCUT2D eigenvalue weighted by Gasteiger charge is 2.52. The molecule has 242 valence electrons. The summed E-state index contributed by atoms with van der Waals surface area (Å²) in [5.41, 5.74) is 3.92. The Morgan fingerprint density at radius 2 is 1.58 bits per heavy atom. The highest BCUT2D eigenvalue weighted by molar-refractivity contribution is 5.73. The van der Waals surface area contributed by atoms with Crippen LogP contribution in [0.15, 0.2) is 72.8 Å². The Hall–Kier alpha value is -2.81. The molecule has 2 bridgehead atoms. The summed E-state index contributed by atoms with van der Waals surface area (Å²) in [5, 5.41) is 20.9. The third-order valence-electron chi connectivity index (χ3n) is 12.5. The number of aromatic hydroxyl groups is 1. The van der Waals surface area contributed by atoms with Crippen LogP contribution in [0.1, 0.15) is 138 Å². The Kier molecular flexibility index (Phi) is 10.5. The lowest BCUT2D eigenvalue weighted by Gasteiger charge is -2.50. The molecule has 2 aromatic carbocycles. The number of carboxylic acids is 1. The van der Waals surface area contributed by atoms with Crippen molar-refractivity contribution in [2.45, 2.75) is 133 Å². The van der Waals surface area contributed by atoms with Gasteiger partial charge in [-0.05, 0) is 129 Å². The number of aliphatic carboxylic acids is 1. The van der Waals surface area contributed by atoms with E-state index in [4.69, 9.17) is 0 Å². The molecule has 0 unspecified atom stereocenters. The van der Waals surface area contributed by atoms with E-state index < -0.39 is 5.97 Å². The predicted octanol–water partition coefficient (Wildman–Crippen LogP) is 11.1. The first-order valence-corrected chi connectivity index (χ1v) is 18.4. The summed E-state index contributed by atoms with van der Waals surface area (Å²) in [6.45, 7) is 0. The molecule has 45 heavy (non-hydrogen) atoms. The number of hydrogen-bond donors (Lipinski definition) is 2. The van der Waals surface area contributed by atoms with Crippen LogP contribution in [0.2, 0.25) is 0 Å². The van der Waals surface area contributed by atoms with Gasteiger partial charge in [0.2, 0.25) is 0 Å².